The van der Waals surface area contributed by atoms with E-state index in [9.17, 15) is 0 Å². The van der Waals surface area contributed by atoms with Gasteiger partial charge in [-0.25, -0.2) is 0 Å². The fourth-order valence-electron chi connectivity index (χ4n) is 1.37. The molecule has 1 aliphatic carbocycles. The minimum Gasteiger partial charge on any atom is -0.298 e. The van der Waals surface area contributed by atoms with Crippen LogP contribution >= 0.6 is 0 Å². The van der Waals surface area contributed by atoms with Crippen LogP contribution in [0.3, 0.4) is 0 Å². The van der Waals surface area contributed by atoms with Gasteiger partial charge in [-0.2, -0.15) is 0 Å². The van der Waals surface area contributed by atoms with Crippen LogP contribution in [0.25, 0.3) is 0 Å². The van der Waals surface area contributed by atoms with Gasteiger partial charge < -0.3 is 0 Å². The Morgan fingerprint density at radius 2 is 2.10 bits per heavy atom. The quantitative estimate of drug-likeness (QED) is 0.478. The van der Waals surface area contributed by atoms with Crippen molar-refractivity contribution in [1.29, 1.82) is 0 Å². The summed E-state index contributed by atoms with van der Waals surface area (Å²) in [5.41, 5.74) is 1.32. The van der Waals surface area contributed by atoms with Gasteiger partial charge >= 0.3 is 0 Å². The topological polar surface area (TPSA) is 18.5 Å². The van der Waals surface area contributed by atoms with E-state index in [0.29, 0.717) is 0 Å². The second kappa shape index (κ2) is 2.37. The minimum absolute atomic E-state index is 1.04. The van der Waals surface area contributed by atoms with E-state index in [-0.39, 0.29) is 0 Å². The molecule has 0 N–H and O–H groups in total. The molecule has 1 heterocycles. The fraction of sp³-hybridized carbons (Fsp3) is 0.500. The molecule has 1 aliphatic heterocycles. The molecule has 0 bridgehead atoms. The lowest BCUT2D eigenvalue weighted by Gasteiger charge is -2.18. The molecule has 0 aromatic carbocycles. The Labute approximate surface area is 60.1 Å². The Bertz CT molecular complexity index is 191. The van der Waals surface area contributed by atoms with E-state index in [1.165, 1.54) is 18.4 Å². The van der Waals surface area contributed by atoms with Gasteiger partial charge in [0.25, 0.3) is 0 Å². The van der Waals surface area contributed by atoms with E-state index >= 15 is 0 Å². The molecule has 10 heavy (non-hydrogen) atoms. The van der Waals surface area contributed by atoms with Gasteiger partial charge in [0.1, 0.15) is 6.26 Å². The highest BCUT2D eigenvalue weighted by Gasteiger charge is 2.15. The van der Waals surface area contributed by atoms with Crippen LogP contribution in [0.15, 0.2) is 23.7 Å². The first kappa shape index (κ1) is 5.83. The summed E-state index contributed by atoms with van der Waals surface area (Å²) < 4.78 is 0. The van der Waals surface area contributed by atoms with E-state index in [2.05, 4.69) is 0 Å². The van der Waals surface area contributed by atoms with E-state index in [1.807, 2.05) is 6.08 Å². The molecule has 0 aromatic rings. The van der Waals surface area contributed by atoms with Gasteiger partial charge in [-0.1, -0.05) is 0 Å². The predicted octanol–water partition coefficient (Wildman–Crippen LogP) is 2.29. The standard InChI is InChI=1S/C8H10O2/c1-2-4-8-7(3-1)5-6-9-10-8/h5-6H,1-4H2. The first-order valence-corrected chi connectivity index (χ1v) is 3.69. The molecule has 0 saturated heterocycles. The molecular weight excluding hydrogens is 128 g/mol. The number of hydrogen-bond donors (Lipinski definition) is 0. The number of rotatable bonds is 0. The molecule has 0 amide bonds. The molecular formula is C8H10O2. The average Bonchev–Trinajstić information content (AvgIpc) is 2.05. The Balaban J connectivity index is 2.23. The highest BCUT2D eigenvalue weighted by atomic mass is 17.2. The van der Waals surface area contributed by atoms with Gasteiger partial charge in [-0.05, 0) is 30.9 Å². The SMILES string of the molecule is C1=CC2=C(CCCC2)OO1. The van der Waals surface area contributed by atoms with Crippen molar-refractivity contribution in [1.82, 2.24) is 0 Å². The second-order valence-electron chi connectivity index (χ2n) is 2.64. The van der Waals surface area contributed by atoms with Crippen LogP contribution < -0.4 is 0 Å². The maximum absolute atomic E-state index is 4.97. The first-order valence-electron chi connectivity index (χ1n) is 3.69. The van der Waals surface area contributed by atoms with E-state index in [0.717, 1.165) is 18.6 Å². The highest BCUT2D eigenvalue weighted by molar-refractivity contribution is 5.24. The Hall–Kier alpha value is -0.920. The van der Waals surface area contributed by atoms with Gasteiger partial charge in [0, 0.05) is 6.42 Å². The summed E-state index contributed by atoms with van der Waals surface area (Å²) in [6, 6.07) is 0. The second-order valence-corrected chi connectivity index (χ2v) is 2.64. The largest absolute Gasteiger partial charge is 0.298 e. The number of hydrogen-bond acceptors (Lipinski definition) is 2. The highest BCUT2D eigenvalue weighted by Crippen LogP contribution is 2.28. The van der Waals surface area contributed by atoms with E-state index < -0.39 is 0 Å². The normalized spacial score (nSPS) is 23.2. The molecule has 2 nitrogen and oxygen atoms in total. The molecule has 0 spiro atoms. The minimum atomic E-state index is 1.04. The van der Waals surface area contributed by atoms with Crippen molar-refractivity contribution >= 4 is 0 Å². The monoisotopic (exact) mass is 138 g/mol. The predicted molar refractivity (Wildman–Crippen MR) is 36.8 cm³/mol. The average molecular weight is 138 g/mol. The maximum Gasteiger partial charge on any atom is 0.158 e. The van der Waals surface area contributed by atoms with Crippen LogP contribution in [-0.2, 0) is 9.78 Å². The van der Waals surface area contributed by atoms with Gasteiger partial charge in [0.15, 0.2) is 5.76 Å². The third-order valence-electron chi connectivity index (χ3n) is 1.93. The lowest BCUT2D eigenvalue weighted by Crippen LogP contribution is -2.04. The van der Waals surface area contributed by atoms with Crippen LogP contribution in [0.2, 0.25) is 0 Å². The summed E-state index contributed by atoms with van der Waals surface area (Å²) in [6.07, 6.45) is 8.31. The molecule has 0 radical (unpaired) electrons. The van der Waals surface area contributed by atoms with E-state index in [1.54, 1.807) is 6.26 Å². The summed E-state index contributed by atoms with van der Waals surface area (Å²) in [4.78, 5) is 9.68. The van der Waals surface area contributed by atoms with Gasteiger partial charge in [0.2, 0.25) is 0 Å². The Kier molecular flexibility index (Phi) is 1.38. The van der Waals surface area contributed by atoms with Crippen molar-refractivity contribution in [2.24, 2.45) is 0 Å². The number of allylic oxidation sites excluding steroid dienone is 3. The molecule has 0 aromatic heterocycles. The fourth-order valence-corrected chi connectivity index (χ4v) is 1.37. The van der Waals surface area contributed by atoms with Crippen LogP contribution in [-0.4, -0.2) is 0 Å². The zero-order valence-electron chi connectivity index (χ0n) is 5.80. The van der Waals surface area contributed by atoms with Crippen molar-refractivity contribution in [3.05, 3.63) is 23.7 Å². The third-order valence-corrected chi connectivity index (χ3v) is 1.93. The van der Waals surface area contributed by atoms with E-state index in [4.69, 9.17) is 9.78 Å². The van der Waals surface area contributed by atoms with Crippen LogP contribution in [0.1, 0.15) is 25.7 Å². The molecule has 2 aliphatic rings. The zero-order valence-corrected chi connectivity index (χ0v) is 5.80. The smallest absolute Gasteiger partial charge is 0.158 e. The van der Waals surface area contributed by atoms with Gasteiger partial charge in [0.05, 0.1) is 0 Å². The molecule has 2 rings (SSSR count). The molecule has 0 unspecified atom stereocenters. The van der Waals surface area contributed by atoms with Crippen LogP contribution in [0, 0.1) is 0 Å². The van der Waals surface area contributed by atoms with Crippen LogP contribution in [0.4, 0.5) is 0 Å². The van der Waals surface area contributed by atoms with Crippen molar-refractivity contribution < 1.29 is 9.78 Å². The summed E-state index contributed by atoms with van der Waals surface area (Å²) in [5.74, 6) is 1.04. The lowest BCUT2D eigenvalue weighted by atomic mass is 9.98. The van der Waals surface area contributed by atoms with Crippen LogP contribution in [0.5, 0.6) is 0 Å². The Morgan fingerprint density at radius 3 is 3.00 bits per heavy atom. The Morgan fingerprint density at radius 1 is 1.20 bits per heavy atom. The third kappa shape index (κ3) is 0.897. The maximum atomic E-state index is 4.97. The summed E-state index contributed by atoms with van der Waals surface area (Å²) in [5, 5.41) is 0. The van der Waals surface area contributed by atoms with Crippen molar-refractivity contribution in [3.63, 3.8) is 0 Å². The van der Waals surface area contributed by atoms with Gasteiger partial charge in [-0.15, -0.1) is 0 Å². The lowest BCUT2D eigenvalue weighted by molar-refractivity contribution is -0.219. The molecule has 0 atom stereocenters. The summed E-state index contributed by atoms with van der Waals surface area (Å²) >= 11 is 0. The summed E-state index contributed by atoms with van der Waals surface area (Å²) in [6.45, 7) is 0. The summed E-state index contributed by atoms with van der Waals surface area (Å²) in [7, 11) is 0. The van der Waals surface area contributed by atoms with Crippen molar-refractivity contribution in [2.45, 2.75) is 25.7 Å². The first-order chi connectivity index (χ1) is 4.97. The zero-order chi connectivity index (χ0) is 6.81. The molecule has 2 heteroatoms. The molecule has 54 valence electrons. The van der Waals surface area contributed by atoms with Crippen molar-refractivity contribution in [3.8, 4) is 0 Å². The molecule has 0 fully saturated rings. The molecule has 0 saturated carbocycles. The van der Waals surface area contributed by atoms with Gasteiger partial charge in [-0.3, -0.25) is 9.78 Å². The van der Waals surface area contributed by atoms with Crippen molar-refractivity contribution in [2.75, 3.05) is 0 Å².